The fourth-order valence-corrected chi connectivity index (χ4v) is 2.39. The van der Waals surface area contributed by atoms with Gasteiger partial charge in [0.15, 0.2) is 0 Å². The molecule has 1 aromatic carbocycles. The predicted molar refractivity (Wildman–Crippen MR) is 95.0 cm³/mol. The quantitative estimate of drug-likeness (QED) is 0.723. The maximum atomic E-state index is 12.0. The summed E-state index contributed by atoms with van der Waals surface area (Å²) in [5, 5.41) is 0. The van der Waals surface area contributed by atoms with Crippen molar-refractivity contribution in [3.05, 3.63) is 46.2 Å². The van der Waals surface area contributed by atoms with Gasteiger partial charge in [0.25, 0.3) is 5.56 Å². The fourth-order valence-electron chi connectivity index (χ4n) is 2.39. The van der Waals surface area contributed by atoms with Crippen molar-refractivity contribution in [1.29, 1.82) is 0 Å². The van der Waals surface area contributed by atoms with Gasteiger partial charge in [-0.3, -0.25) is 4.79 Å². The summed E-state index contributed by atoms with van der Waals surface area (Å²) >= 11 is 0. The van der Waals surface area contributed by atoms with Gasteiger partial charge in [-0.15, -0.1) is 0 Å². The first-order valence-electron chi connectivity index (χ1n) is 8.48. The molecule has 1 aromatic heterocycles. The molecule has 0 aliphatic rings. The van der Waals surface area contributed by atoms with E-state index in [1.54, 1.807) is 0 Å². The van der Waals surface area contributed by atoms with E-state index in [-0.39, 0.29) is 5.56 Å². The minimum absolute atomic E-state index is 0.250. The van der Waals surface area contributed by atoms with E-state index in [9.17, 15) is 4.79 Å². The Balaban J connectivity index is 2.33. The van der Waals surface area contributed by atoms with Crippen LogP contribution in [0.5, 0.6) is 0 Å². The summed E-state index contributed by atoms with van der Waals surface area (Å²) in [6.45, 7) is 8.08. The lowest BCUT2D eigenvalue weighted by atomic mass is 10.1. The second kappa shape index (κ2) is 8.51. The fraction of sp³-hybridized carbons (Fsp3) is 0.474. The van der Waals surface area contributed by atoms with Crippen molar-refractivity contribution >= 4 is 6.01 Å². The largest absolute Gasteiger partial charge is 0.425 e. The maximum absolute atomic E-state index is 12.0. The Morgan fingerprint density at radius 3 is 2.22 bits per heavy atom. The Kier molecular flexibility index (Phi) is 6.39. The highest BCUT2D eigenvalue weighted by molar-refractivity contribution is 5.57. The number of benzene rings is 1. The SMILES string of the molecule is CCCCN(CCCC)c1nc(=O)cc(-c2ccc(C)cc2)o1. The van der Waals surface area contributed by atoms with Crippen molar-refractivity contribution in [2.24, 2.45) is 0 Å². The number of nitrogens with zero attached hydrogens (tertiary/aromatic N) is 2. The van der Waals surface area contributed by atoms with E-state index in [4.69, 9.17) is 4.42 Å². The molecule has 4 nitrogen and oxygen atoms in total. The highest BCUT2D eigenvalue weighted by Crippen LogP contribution is 2.22. The van der Waals surface area contributed by atoms with E-state index in [1.165, 1.54) is 11.6 Å². The molecule has 1 heterocycles. The topological polar surface area (TPSA) is 46.3 Å². The molecule has 2 aromatic rings. The maximum Gasteiger partial charge on any atom is 0.301 e. The molecule has 0 radical (unpaired) electrons. The van der Waals surface area contributed by atoms with Gasteiger partial charge >= 0.3 is 6.01 Å². The second-order valence-electron chi connectivity index (χ2n) is 5.90. The second-order valence-corrected chi connectivity index (χ2v) is 5.90. The Labute approximate surface area is 138 Å². The van der Waals surface area contributed by atoms with E-state index >= 15 is 0 Å². The van der Waals surface area contributed by atoms with E-state index in [2.05, 4.69) is 23.7 Å². The van der Waals surface area contributed by atoms with Gasteiger partial charge in [0.1, 0.15) is 5.76 Å². The molecule has 0 saturated carbocycles. The minimum Gasteiger partial charge on any atom is -0.425 e. The Morgan fingerprint density at radius 2 is 1.65 bits per heavy atom. The van der Waals surface area contributed by atoms with Crippen LogP contribution in [-0.4, -0.2) is 18.1 Å². The molecule has 0 bridgehead atoms. The zero-order valence-corrected chi connectivity index (χ0v) is 14.3. The molecular weight excluding hydrogens is 288 g/mol. The van der Waals surface area contributed by atoms with Gasteiger partial charge in [-0.25, -0.2) is 0 Å². The lowest BCUT2D eigenvalue weighted by Crippen LogP contribution is -2.28. The molecule has 0 N–H and O–H groups in total. The summed E-state index contributed by atoms with van der Waals surface area (Å²) < 4.78 is 5.96. The van der Waals surface area contributed by atoms with E-state index < -0.39 is 0 Å². The molecule has 0 aliphatic heterocycles. The van der Waals surface area contributed by atoms with Crippen LogP contribution in [0.4, 0.5) is 6.01 Å². The van der Waals surface area contributed by atoms with Crippen LogP contribution in [0, 0.1) is 6.92 Å². The molecule has 0 fully saturated rings. The standard InChI is InChI=1S/C19H26N2O2/c1-4-6-12-21(13-7-5-2)19-20-18(22)14-17(23-19)16-10-8-15(3)9-11-16/h8-11,14H,4-7,12-13H2,1-3H3. The number of aryl methyl sites for hydroxylation is 1. The average Bonchev–Trinajstić information content (AvgIpc) is 2.55. The van der Waals surface area contributed by atoms with Gasteiger partial charge < -0.3 is 9.32 Å². The third-order valence-electron chi connectivity index (χ3n) is 3.83. The molecule has 4 heteroatoms. The van der Waals surface area contributed by atoms with Gasteiger partial charge in [-0.05, 0) is 19.8 Å². The molecule has 23 heavy (non-hydrogen) atoms. The van der Waals surface area contributed by atoms with Crippen molar-refractivity contribution in [1.82, 2.24) is 4.98 Å². The average molecular weight is 314 g/mol. The zero-order chi connectivity index (χ0) is 16.7. The highest BCUT2D eigenvalue weighted by Gasteiger charge is 2.13. The predicted octanol–water partition coefficient (Wildman–Crippen LogP) is 4.42. The lowest BCUT2D eigenvalue weighted by molar-refractivity contribution is 0.506. The third kappa shape index (κ3) is 4.95. The molecule has 0 spiro atoms. The van der Waals surface area contributed by atoms with Crippen LogP contribution in [0.3, 0.4) is 0 Å². The van der Waals surface area contributed by atoms with Crippen LogP contribution in [0.25, 0.3) is 11.3 Å². The lowest BCUT2D eigenvalue weighted by Gasteiger charge is -2.21. The molecule has 2 rings (SSSR count). The van der Waals surface area contributed by atoms with Gasteiger partial charge in [0.2, 0.25) is 0 Å². The molecule has 0 amide bonds. The number of unbranched alkanes of at least 4 members (excludes halogenated alkanes) is 2. The molecule has 124 valence electrons. The zero-order valence-electron chi connectivity index (χ0n) is 14.3. The highest BCUT2D eigenvalue weighted by atomic mass is 16.4. The Morgan fingerprint density at radius 1 is 1.04 bits per heavy atom. The summed E-state index contributed by atoms with van der Waals surface area (Å²) in [4.78, 5) is 18.2. The van der Waals surface area contributed by atoms with Crippen LogP contribution >= 0.6 is 0 Å². The van der Waals surface area contributed by atoms with E-state index in [1.807, 2.05) is 31.2 Å². The van der Waals surface area contributed by atoms with Crippen LogP contribution in [0.1, 0.15) is 45.1 Å². The van der Waals surface area contributed by atoms with Crippen molar-refractivity contribution in [3.8, 4) is 11.3 Å². The first-order valence-corrected chi connectivity index (χ1v) is 8.48. The molecule has 0 aliphatic carbocycles. The van der Waals surface area contributed by atoms with Crippen LogP contribution in [0.15, 0.2) is 39.5 Å². The first kappa shape index (κ1) is 17.3. The van der Waals surface area contributed by atoms with Crippen LogP contribution in [0.2, 0.25) is 0 Å². The van der Waals surface area contributed by atoms with Gasteiger partial charge in [-0.2, -0.15) is 4.98 Å². The Bertz CT molecular complexity index is 654. The van der Waals surface area contributed by atoms with E-state index in [0.29, 0.717) is 11.8 Å². The monoisotopic (exact) mass is 314 g/mol. The molecular formula is C19H26N2O2. The molecule has 0 atom stereocenters. The van der Waals surface area contributed by atoms with Crippen molar-refractivity contribution in [2.45, 2.75) is 46.5 Å². The van der Waals surface area contributed by atoms with Crippen LogP contribution < -0.4 is 10.5 Å². The number of anilines is 1. The van der Waals surface area contributed by atoms with Gasteiger partial charge in [0.05, 0.1) is 0 Å². The number of hydrogen-bond acceptors (Lipinski definition) is 4. The van der Waals surface area contributed by atoms with Gasteiger partial charge in [-0.1, -0.05) is 56.5 Å². The summed E-state index contributed by atoms with van der Waals surface area (Å²) in [7, 11) is 0. The van der Waals surface area contributed by atoms with Crippen molar-refractivity contribution in [3.63, 3.8) is 0 Å². The van der Waals surface area contributed by atoms with Crippen molar-refractivity contribution in [2.75, 3.05) is 18.0 Å². The van der Waals surface area contributed by atoms with E-state index in [0.717, 1.165) is 44.3 Å². The normalized spacial score (nSPS) is 10.7. The molecule has 0 unspecified atom stereocenters. The van der Waals surface area contributed by atoms with Crippen molar-refractivity contribution < 1.29 is 4.42 Å². The summed E-state index contributed by atoms with van der Waals surface area (Å²) in [6, 6.07) is 9.88. The van der Waals surface area contributed by atoms with Crippen LogP contribution in [-0.2, 0) is 0 Å². The molecule has 0 saturated heterocycles. The summed E-state index contributed by atoms with van der Waals surface area (Å²) in [5.74, 6) is 0.581. The minimum atomic E-state index is -0.250. The van der Waals surface area contributed by atoms with Gasteiger partial charge in [0, 0.05) is 24.7 Å². The summed E-state index contributed by atoms with van der Waals surface area (Å²) in [5.41, 5.74) is 1.83. The number of aromatic nitrogens is 1. The third-order valence-corrected chi connectivity index (χ3v) is 3.83. The first-order chi connectivity index (χ1) is 11.1. The number of rotatable bonds is 8. The number of hydrogen-bond donors (Lipinski definition) is 0. The smallest absolute Gasteiger partial charge is 0.301 e. The summed E-state index contributed by atoms with van der Waals surface area (Å²) in [6.07, 6.45) is 4.32. The Hall–Kier alpha value is -2.10.